The molecule has 1 saturated heterocycles. The number of piperidine rings is 1. The van der Waals surface area contributed by atoms with E-state index in [9.17, 15) is 0 Å². The largest absolute Gasteiger partial charge is 0.323 e. The normalized spacial score (nSPS) is 25.5. The molecule has 0 saturated carbocycles. The minimum atomic E-state index is 0.105. The van der Waals surface area contributed by atoms with Crippen molar-refractivity contribution in [3.63, 3.8) is 0 Å². The van der Waals surface area contributed by atoms with Crippen molar-refractivity contribution in [3.05, 3.63) is 34.9 Å². The number of nitrogens with zero attached hydrogens (tertiary/aromatic N) is 1. The van der Waals surface area contributed by atoms with Gasteiger partial charge in [0.1, 0.15) is 0 Å². The molecule has 0 radical (unpaired) electrons. The van der Waals surface area contributed by atoms with Crippen LogP contribution in [-0.4, -0.2) is 13.1 Å². The first-order chi connectivity index (χ1) is 8.25. The Bertz CT molecular complexity index is 481. The fourth-order valence-electron chi connectivity index (χ4n) is 3.35. The maximum absolute atomic E-state index is 8.96. The quantitative estimate of drug-likeness (QED) is 0.705. The van der Waals surface area contributed by atoms with E-state index in [0.717, 1.165) is 37.9 Å². The first kappa shape index (κ1) is 10.8. The van der Waals surface area contributed by atoms with Crippen molar-refractivity contribution >= 4 is 0 Å². The molecule has 3 rings (SSSR count). The fourth-order valence-corrected chi connectivity index (χ4v) is 3.35. The Balaban J connectivity index is 1.99. The molecule has 1 spiro atoms. The number of rotatable bonds is 0. The summed E-state index contributed by atoms with van der Waals surface area (Å²) in [4.78, 5) is 0. The lowest BCUT2D eigenvalue weighted by molar-refractivity contribution is 0.174. The predicted molar refractivity (Wildman–Crippen MR) is 66.3 cm³/mol. The molecule has 1 aromatic rings. The summed E-state index contributed by atoms with van der Waals surface area (Å²) in [5, 5.41) is 12.4. The van der Waals surface area contributed by atoms with Gasteiger partial charge in [-0.15, -0.1) is 0 Å². The van der Waals surface area contributed by atoms with Crippen LogP contribution in [0.5, 0.6) is 0 Å². The second-order valence-corrected chi connectivity index (χ2v) is 5.29. The Kier molecular flexibility index (Phi) is 2.43. The molecule has 1 heterocycles. The minimum Gasteiger partial charge on any atom is -0.323 e. The highest BCUT2D eigenvalue weighted by Crippen LogP contribution is 2.49. The van der Waals surface area contributed by atoms with E-state index in [1.807, 2.05) is 12.1 Å². The molecule has 0 aromatic heterocycles. The summed E-state index contributed by atoms with van der Waals surface area (Å²) in [5.74, 6) is 0. The summed E-state index contributed by atoms with van der Waals surface area (Å²) in [6.45, 7) is 2.12. The summed E-state index contributed by atoms with van der Waals surface area (Å²) in [6.07, 6.45) is 3.37. The van der Waals surface area contributed by atoms with Crippen molar-refractivity contribution in [2.75, 3.05) is 13.1 Å². The van der Waals surface area contributed by atoms with E-state index < -0.39 is 0 Å². The van der Waals surface area contributed by atoms with Crippen LogP contribution in [0.25, 0.3) is 0 Å². The molecule has 0 amide bonds. The Hall–Kier alpha value is -1.37. The number of fused-ring (bicyclic) bond motifs is 1. The zero-order valence-electron chi connectivity index (χ0n) is 9.87. The maximum Gasteiger partial charge on any atom is 0.0991 e. The van der Waals surface area contributed by atoms with Gasteiger partial charge in [-0.2, -0.15) is 5.26 Å². The molecule has 2 aliphatic rings. The number of nitriles is 1. The average Bonchev–Trinajstić information content (AvgIpc) is 2.63. The highest BCUT2D eigenvalue weighted by molar-refractivity contribution is 5.44. The molecule has 17 heavy (non-hydrogen) atoms. The number of hydrogen-bond acceptors (Lipinski definition) is 3. The van der Waals surface area contributed by atoms with Gasteiger partial charge < -0.3 is 11.1 Å². The van der Waals surface area contributed by atoms with E-state index in [0.29, 0.717) is 0 Å². The SMILES string of the molecule is N#Cc1ccc2c(c1)[C@@H](N)C1(CCNCC1)C2. The summed E-state index contributed by atoms with van der Waals surface area (Å²) in [7, 11) is 0. The van der Waals surface area contributed by atoms with Gasteiger partial charge >= 0.3 is 0 Å². The van der Waals surface area contributed by atoms with Crippen LogP contribution in [0.4, 0.5) is 0 Å². The number of nitrogens with two attached hydrogens (primary N) is 1. The van der Waals surface area contributed by atoms with Crippen LogP contribution < -0.4 is 11.1 Å². The minimum absolute atomic E-state index is 0.105. The highest BCUT2D eigenvalue weighted by atomic mass is 14.9. The molecule has 1 aliphatic carbocycles. The molecule has 3 N–H and O–H groups in total. The topological polar surface area (TPSA) is 61.8 Å². The van der Waals surface area contributed by atoms with Crippen LogP contribution in [0.15, 0.2) is 18.2 Å². The van der Waals surface area contributed by atoms with E-state index >= 15 is 0 Å². The monoisotopic (exact) mass is 227 g/mol. The van der Waals surface area contributed by atoms with Crippen molar-refractivity contribution in [2.24, 2.45) is 11.1 Å². The zero-order chi connectivity index (χ0) is 11.9. The summed E-state index contributed by atoms with van der Waals surface area (Å²) in [6, 6.07) is 8.28. The van der Waals surface area contributed by atoms with Gasteiger partial charge in [0.25, 0.3) is 0 Å². The smallest absolute Gasteiger partial charge is 0.0991 e. The Morgan fingerprint density at radius 1 is 1.35 bits per heavy atom. The van der Waals surface area contributed by atoms with E-state index in [1.165, 1.54) is 11.1 Å². The third kappa shape index (κ3) is 1.56. The van der Waals surface area contributed by atoms with Crippen LogP contribution >= 0.6 is 0 Å². The van der Waals surface area contributed by atoms with Crippen molar-refractivity contribution < 1.29 is 0 Å². The molecule has 1 aliphatic heterocycles. The van der Waals surface area contributed by atoms with E-state index in [4.69, 9.17) is 11.0 Å². The second kappa shape index (κ2) is 3.83. The average molecular weight is 227 g/mol. The molecule has 3 nitrogen and oxygen atoms in total. The molecule has 1 atom stereocenters. The van der Waals surface area contributed by atoms with Gasteiger partial charge in [0, 0.05) is 6.04 Å². The van der Waals surface area contributed by atoms with Gasteiger partial charge in [0.2, 0.25) is 0 Å². The first-order valence-corrected chi connectivity index (χ1v) is 6.24. The van der Waals surface area contributed by atoms with E-state index in [-0.39, 0.29) is 11.5 Å². The molecule has 3 heteroatoms. The molecular weight excluding hydrogens is 210 g/mol. The van der Waals surface area contributed by atoms with Gasteiger partial charge in [-0.05, 0) is 61.0 Å². The van der Waals surface area contributed by atoms with E-state index in [1.54, 1.807) is 0 Å². The van der Waals surface area contributed by atoms with Crippen molar-refractivity contribution in [1.29, 1.82) is 5.26 Å². The van der Waals surface area contributed by atoms with Crippen LogP contribution in [-0.2, 0) is 6.42 Å². The lowest BCUT2D eigenvalue weighted by Gasteiger charge is -2.37. The standard InChI is InChI=1S/C14H17N3/c15-9-10-1-2-11-8-14(3-5-17-6-4-14)13(16)12(11)7-10/h1-2,7,13,17H,3-6,8,16H2/t13-/m1/s1. The Morgan fingerprint density at radius 2 is 2.12 bits per heavy atom. The first-order valence-electron chi connectivity index (χ1n) is 6.24. The Labute approximate surface area is 102 Å². The highest BCUT2D eigenvalue weighted by Gasteiger charge is 2.44. The summed E-state index contributed by atoms with van der Waals surface area (Å²) < 4.78 is 0. The van der Waals surface area contributed by atoms with Crippen molar-refractivity contribution in [1.82, 2.24) is 5.32 Å². The lowest BCUT2D eigenvalue weighted by Crippen LogP contribution is -2.42. The third-order valence-electron chi connectivity index (χ3n) is 4.41. The van der Waals surface area contributed by atoms with Crippen LogP contribution in [0.1, 0.15) is 35.6 Å². The van der Waals surface area contributed by atoms with Gasteiger partial charge in [-0.1, -0.05) is 6.07 Å². The number of benzene rings is 1. The van der Waals surface area contributed by atoms with Gasteiger partial charge in [0.05, 0.1) is 11.6 Å². The molecule has 0 unspecified atom stereocenters. The van der Waals surface area contributed by atoms with Gasteiger partial charge in [-0.3, -0.25) is 0 Å². The maximum atomic E-state index is 8.96. The number of nitrogens with one attached hydrogen (secondary N) is 1. The van der Waals surface area contributed by atoms with Gasteiger partial charge in [0.15, 0.2) is 0 Å². The molecular formula is C14H17N3. The second-order valence-electron chi connectivity index (χ2n) is 5.29. The zero-order valence-corrected chi connectivity index (χ0v) is 9.87. The predicted octanol–water partition coefficient (Wildman–Crippen LogP) is 1.48. The molecule has 88 valence electrons. The van der Waals surface area contributed by atoms with Crippen LogP contribution in [0, 0.1) is 16.7 Å². The molecule has 1 aromatic carbocycles. The Morgan fingerprint density at radius 3 is 2.82 bits per heavy atom. The molecule has 0 bridgehead atoms. The van der Waals surface area contributed by atoms with E-state index in [2.05, 4.69) is 17.5 Å². The third-order valence-corrected chi connectivity index (χ3v) is 4.41. The number of hydrogen-bond donors (Lipinski definition) is 2. The van der Waals surface area contributed by atoms with Crippen molar-refractivity contribution in [3.8, 4) is 6.07 Å². The lowest BCUT2D eigenvalue weighted by atomic mass is 9.73. The summed E-state index contributed by atoms with van der Waals surface area (Å²) >= 11 is 0. The fraction of sp³-hybridized carbons (Fsp3) is 0.500. The van der Waals surface area contributed by atoms with Gasteiger partial charge in [-0.25, -0.2) is 0 Å². The van der Waals surface area contributed by atoms with Crippen LogP contribution in [0.3, 0.4) is 0 Å². The van der Waals surface area contributed by atoms with Crippen molar-refractivity contribution in [2.45, 2.75) is 25.3 Å². The molecule has 1 fully saturated rings. The van der Waals surface area contributed by atoms with Crippen LogP contribution in [0.2, 0.25) is 0 Å². The summed E-state index contributed by atoms with van der Waals surface area (Å²) in [5.41, 5.74) is 9.95.